The number of rotatable bonds is 6. The third kappa shape index (κ3) is 5.22. The normalized spacial score (nSPS) is 13.7. The Hall–Kier alpha value is -3.82. The molecule has 1 fully saturated rings. The SMILES string of the molecule is Cc1c(-c2ccccc2)sc(NC(=O)/C=C/c2ccc([N+](=O)[O-])cc2)c1C(=O)N1CCOCC1. The molecule has 0 aliphatic carbocycles. The molecule has 2 aromatic carbocycles. The van der Waals surface area contributed by atoms with Gasteiger partial charge in [0.2, 0.25) is 5.91 Å². The second kappa shape index (κ2) is 10.4. The van der Waals surface area contributed by atoms with E-state index in [1.54, 1.807) is 23.1 Å². The van der Waals surface area contributed by atoms with Crippen LogP contribution in [0.1, 0.15) is 21.5 Å². The van der Waals surface area contributed by atoms with Crippen molar-refractivity contribution in [2.45, 2.75) is 6.92 Å². The number of hydrogen-bond acceptors (Lipinski definition) is 6. The van der Waals surface area contributed by atoms with Gasteiger partial charge in [-0.3, -0.25) is 19.7 Å². The van der Waals surface area contributed by atoms with E-state index in [2.05, 4.69) is 5.32 Å². The van der Waals surface area contributed by atoms with Gasteiger partial charge in [-0.15, -0.1) is 11.3 Å². The molecule has 9 heteroatoms. The van der Waals surface area contributed by atoms with Crippen molar-refractivity contribution in [3.05, 3.63) is 87.5 Å². The first-order valence-corrected chi connectivity index (χ1v) is 11.5. The number of non-ortho nitro benzene ring substituents is 1. The van der Waals surface area contributed by atoms with Crippen molar-refractivity contribution in [2.24, 2.45) is 0 Å². The highest BCUT2D eigenvalue weighted by Gasteiger charge is 2.27. The maximum atomic E-state index is 13.4. The molecule has 4 rings (SSSR count). The van der Waals surface area contributed by atoms with E-state index in [0.29, 0.717) is 42.4 Å². The van der Waals surface area contributed by atoms with Crippen molar-refractivity contribution in [1.82, 2.24) is 4.90 Å². The number of nitrogens with one attached hydrogen (secondary N) is 1. The van der Waals surface area contributed by atoms with Crippen LogP contribution in [0.3, 0.4) is 0 Å². The molecule has 1 saturated heterocycles. The fraction of sp³-hybridized carbons (Fsp3) is 0.200. The predicted molar refractivity (Wildman–Crippen MR) is 132 cm³/mol. The molecule has 0 unspecified atom stereocenters. The Morgan fingerprint density at radius 1 is 1.09 bits per heavy atom. The zero-order chi connectivity index (χ0) is 24.1. The molecule has 1 N–H and O–H groups in total. The number of carbonyl (C=O) groups is 2. The van der Waals surface area contributed by atoms with Crippen LogP contribution < -0.4 is 5.32 Å². The minimum atomic E-state index is -0.476. The molecule has 34 heavy (non-hydrogen) atoms. The van der Waals surface area contributed by atoms with E-state index in [9.17, 15) is 19.7 Å². The molecule has 0 saturated carbocycles. The zero-order valence-corrected chi connectivity index (χ0v) is 19.3. The molecule has 1 aliphatic heterocycles. The number of hydrogen-bond donors (Lipinski definition) is 1. The third-order valence-corrected chi connectivity index (χ3v) is 6.72. The van der Waals surface area contributed by atoms with Gasteiger partial charge in [-0.25, -0.2) is 0 Å². The standard InChI is InChI=1S/C25H23N3O5S/c1-17-22(25(30)27-13-15-33-16-14-27)24(34-23(17)19-5-3-2-4-6-19)26-21(29)12-9-18-7-10-20(11-8-18)28(31)32/h2-12H,13-16H2,1H3,(H,26,29)/b12-9+. The number of amides is 2. The fourth-order valence-electron chi connectivity index (χ4n) is 3.68. The topological polar surface area (TPSA) is 102 Å². The summed E-state index contributed by atoms with van der Waals surface area (Å²) in [5.41, 5.74) is 2.92. The van der Waals surface area contributed by atoms with Crippen LogP contribution in [0.2, 0.25) is 0 Å². The molecule has 1 aromatic heterocycles. The highest BCUT2D eigenvalue weighted by atomic mass is 32.1. The number of nitrogens with zero attached hydrogens (tertiary/aromatic N) is 2. The van der Waals surface area contributed by atoms with Gasteiger partial charge in [0.1, 0.15) is 5.00 Å². The van der Waals surface area contributed by atoms with Crippen molar-refractivity contribution in [3.8, 4) is 10.4 Å². The van der Waals surface area contributed by atoms with Crippen LogP contribution in [-0.2, 0) is 9.53 Å². The predicted octanol–water partition coefficient (Wildman–Crippen LogP) is 4.76. The molecule has 1 aliphatic rings. The molecule has 174 valence electrons. The van der Waals surface area contributed by atoms with E-state index in [-0.39, 0.29) is 11.6 Å². The molecule has 3 aromatic rings. The Bertz CT molecular complexity index is 1230. The average Bonchev–Trinajstić information content (AvgIpc) is 3.19. The maximum Gasteiger partial charge on any atom is 0.269 e. The molecule has 8 nitrogen and oxygen atoms in total. The summed E-state index contributed by atoms with van der Waals surface area (Å²) in [6.45, 7) is 3.87. The van der Waals surface area contributed by atoms with Gasteiger partial charge in [-0.2, -0.15) is 0 Å². The number of nitro benzene ring substituents is 1. The van der Waals surface area contributed by atoms with Crippen molar-refractivity contribution in [1.29, 1.82) is 0 Å². The number of benzene rings is 2. The van der Waals surface area contributed by atoms with Crippen LogP contribution in [0.15, 0.2) is 60.7 Å². The van der Waals surface area contributed by atoms with E-state index in [4.69, 9.17) is 4.74 Å². The Morgan fingerprint density at radius 2 is 1.76 bits per heavy atom. The Labute approximate surface area is 200 Å². The van der Waals surface area contributed by atoms with Crippen LogP contribution in [-0.4, -0.2) is 47.9 Å². The van der Waals surface area contributed by atoms with Gasteiger partial charge in [0.05, 0.1) is 23.7 Å². The largest absolute Gasteiger partial charge is 0.378 e. The molecule has 2 heterocycles. The Morgan fingerprint density at radius 3 is 2.41 bits per heavy atom. The summed E-state index contributed by atoms with van der Waals surface area (Å²) in [6, 6.07) is 15.6. The molecular formula is C25H23N3O5S. The van der Waals surface area contributed by atoms with E-state index in [1.807, 2.05) is 37.3 Å². The first-order chi connectivity index (χ1) is 16.4. The van der Waals surface area contributed by atoms with Crippen LogP contribution >= 0.6 is 11.3 Å². The quantitative estimate of drug-likeness (QED) is 0.313. The van der Waals surface area contributed by atoms with Crippen molar-refractivity contribution in [2.75, 3.05) is 31.6 Å². The van der Waals surface area contributed by atoms with E-state index in [1.165, 1.54) is 29.5 Å². The maximum absolute atomic E-state index is 13.4. The average molecular weight is 478 g/mol. The fourth-order valence-corrected chi connectivity index (χ4v) is 4.89. The first kappa shape index (κ1) is 23.3. The van der Waals surface area contributed by atoms with Gasteiger partial charge in [0.25, 0.3) is 11.6 Å². The molecule has 0 atom stereocenters. The number of ether oxygens (including phenoxy) is 1. The summed E-state index contributed by atoms with van der Waals surface area (Å²) < 4.78 is 5.37. The lowest BCUT2D eigenvalue weighted by Gasteiger charge is -2.27. The van der Waals surface area contributed by atoms with Gasteiger partial charge in [-0.1, -0.05) is 30.3 Å². The summed E-state index contributed by atoms with van der Waals surface area (Å²) in [4.78, 5) is 39.1. The van der Waals surface area contributed by atoms with Crippen LogP contribution in [0.5, 0.6) is 0 Å². The van der Waals surface area contributed by atoms with Crippen LogP contribution in [0.4, 0.5) is 10.7 Å². The number of carbonyl (C=O) groups excluding carboxylic acids is 2. The van der Waals surface area contributed by atoms with Crippen molar-refractivity contribution in [3.63, 3.8) is 0 Å². The lowest BCUT2D eigenvalue weighted by atomic mass is 10.1. The number of morpholine rings is 1. The van der Waals surface area contributed by atoms with Gasteiger partial charge in [0, 0.05) is 36.2 Å². The summed E-state index contributed by atoms with van der Waals surface area (Å²) in [7, 11) is 0. The van der Waals surface area contributed by atoms with E-state index >= 15 is 0 Å². The highest BCUT2D eigenvalue weighted by Crippen LogP contribution is 2.40. The summed E-state index contributed by atoms with van der Waals surface area (Å²) in [6.07, 6.45) is 2.92. The Balaban J connectivity index is 1.60. The smallest absolute Gasteiger partial charge is 0.269 e. The van der Waals surface area contributed by atoms with Crippen LogP contribution in [0.25, 0.3) is 16.5 Å². The van der Waals surface area contributed by atoms with E-state index in [0.717, 1.165) is 16.0 Å². The molecular weight excluding hydrogens is 454 g/mol. The molecule has 0 spiro atoms. The van der Waals surface area contributed by atoms with Crippen LogP contribution in [0, 0.1) is 17.0 Å². The monoisotopic (exact) mass is 477 g/mol. The second-order valence-corrected chi connectivity index (χ2v) is 8.72. The minimum absolute atomic E-state index is 0.0182. The van der Waals surface area contributed by atoms with Gasteiger partial charge >= 0.3 is 0 Å². The lowest BCUT2D eigenvalue weighted by molar-refractivity contribution is -0.384. The highest BCUT2D eigenvalue weighted by molar-refractivity contribution is 7.20. The van der Waals surface area contributed by atoms with Gasteiger partial charge in [-0.05, 0) is 41.8 Å². The summed E-state index contributed by atoms with van der Waals surface area (Å²) in [5, 5.41) is 14.2. The zero-order valence-electron chi connectivity index (χ0n) is 18.5. The van der Waals surface area contributed by atoms with Gasteiger partial charge < -0.3 is 15.0 Å². The lowest BCUT2D eigenvalue weighted by Crippen LogP contribution is -2.41. The number of thiophene rings is 1. The summed E-state index contributed by atoms with van der Waals surface area (Å²) >= 11 is 1.37. The number of nitro groups is 1. The summed E-state index contributed by atoms with van der Waals surface area (Å²) in [5.74, 6) is -0.524. The van der Waals surface area contributed by atoms with E-state index < -0.39 is 10.8 Å². The van der Waals surface area contributed by atoms with Crippen molar-refractivity contribution >= 4 is 39.9 Å². The van der Waals surface area contributed by atoms with Gasteiger partial charge in [0.15, 0.2) is 0 Å². The molecule has 2 amide bonds. The minimum Gasteiger partial charge on any atom is -0.378 e. The second-order valence-electron chi connectivity index (χ2n) is 7.70. The molecule has 0 bridgehead atoms. The third-order valence-electron chi connectivity index (χ3n) is 5.46. The molecule has 0 radical (unpaired) electrons. The Kier molecular flexibility index (Phi) is 7.15. The first-order valence-electron chi connectivity index (χ1n) is 10.7. The van der Waals surface area contributed by atoms with Crippen molar-refractivity contribution < 1.29 is 19.2 Å². The number of anilines is 1.